The van der Waals surface area contributed by atoms with E-state index in [0.717, 1.165) is 29.0 Å². The molecule has 1 aliphatic carbocycles. The number of carboxylic acid groups (broad SMARTS) is 1. The normalized spacial score (nSPS) is 24.6. The SMILES string of the molecule is O=C(O)[C@H]1C[C@@]12CCOc1cc(OCc3ccccc3)ccc12. The van der Waals surface area contributed by atoms with Gasteiger partial charge < -0.3 is 14.6 Å². The Balaban J connectivity index is 1.54. The van der Waals surface area contributed by atoms with E-state index in [9.17, 15) is 9.90 Å². The number of carboxylic acids is 1. The molecule has 0 amide bonds. The fourth-order valence-corrected chi connectivity index (χ4v) is 3.54. The first-order valence-electron chi connectivity index (χ1n) is 7.86. The Bertz CT molecular complexity index is 740. The lowest BCUT2D eigenvalue weighted by molar-refractivity contribution is -0.139. The zero-order valence-corrected chi connectivity index (χ0v) is 12.7. The molecule has 2 aromatic carbocycles. The van der Waals surface area contributed by atoms with Crippen molar-refractivity contribution in [1.82, 2.24) is 0 Å². The average molecular weight is 310 g/mol. The molecule has 0 unspecified atom stereocenters. The number of hydrogen-bond donors (Lipinski definition) is 1. The Kier molecular flexibility index (Phi) is 3.26. The van der Waals surface area contributed by atoms with Crippen LogP contribution in [-0.4, -0.2) is 17.7 Å². The van der Waals surface area contributed by atoms with Crippen LogP contribution in [0.5, 0.6) is 11.5 Å². The van der Waals surface area contributed by atoms with Gasteiger partial charge in [0.05, 0.1) is 12.5 Å². The number of rotatable bonds is 4. The molecule has 1 N–H and O–H groups in total. The van der Waals surface area contributed by atoms with Crippen molar-refractivity contribution in [2.75, 3.05) is 6.61 Å². The van der Waals surface area contributed by atoms with Gasteiger partial charge in [0.15, 0.2) is 0 Å². The molecule has 1 heterocycles. The molecule has 4 heteroatoms. The zero-order chi connectivity index (χ0) is 15.9. The highest BCUT2D eigenvalue weighted by Crippen LogP contribution is 2.61. The van der Waals surface area contributed by atoms with Gasteiger partial charge in [-0.25, -0.2) is 0 Å². The summed E-state index contributed by atoms with van der Waals surface area (Å²) >= 11 is 0. The molecule has 0 saturated heterocycles. The smallest absolute Gasteiger partial charge is 0.307 e. The van der Waals surface area contributed by atoms with Gasteiger partial charge in [-0.05, 0) is 24.5 Å². The molecule has 0 aromatic heterocycles. The number of hydrogen-bond acceptors (Lipinski definition) is 3. The topological polar surface area (TPSA) is 55.8 Å². The predicted octanol–water partition coefficient (Wildman–Crippen LogP) is 3.39. The first-order valence-corrected chi connectivity index (χ1v) is 7.86. The summed E-state index contributed by atoms with van der Waals surface area (Å²) in [6.07, 6.45) is 1.49. The predicted molar refractivity (Wildman–Crippen MR) is 84.7 cm³/mol. The van der Waals surface area contributed by atoms with Crippen LogP contribution in [0.25, 0.3) is 0 Å². The molecular weight excluding hydrogens is 292 g/mol. The molecule has 1 aliphatic heterocycles. The Hall–Kier alpha value is -2.49. The Labute approximate surface area is 134 Å². The minimum absolute atomic E-state index is 0.225. The van der Waals surface area contributed by atoms with E-state index >= 15 is 0 Å². The highest BCUT2D eigenvalue weighted by atomic mass is 16.5. The van der Waals surface area contributed by atoms with Crippen molar-refractivity contribution in [1.29, 1.82) is 0 Å². The van der Waals surface area contributed by atoms with Crippen LogP contribution < -0.4 is 9.47 Å². The standard InChI is InChI=1S/C19H18O4/c20-18(21)16-11-19(16)8-9-22-17-10-14(6-7-15(17)19)23-12-13-4-2-1-3-5-13/h1-7,10,16H,8-9,11-12H2,(H,20,21)/t16-,19-/m1/s1. The van der Waals surface area contributed by atoms with Crippen molar-refractivity contribution in [3.8, 4) is 11.5 Å². The molecule has 118 valence electrons. The van der Waals surface area contributed by atoms with Crippen molar-refractivity contribution in [2.45, 2.75) is 24.9 Å². The van der Waals surface area contributed by atoms with Crippen molar-refractivity contribution in [3.63, 3.8) is 0 Å². The summed E-state index contributed by atoms with van der Waals surface area (Å²) in [6, 6.07) is 15.8. The fraction of sp³-hybridized carbons (Fsp3) is 0.316. The van der Waals surface area contributed by atoms with Gasteiger partial charge in [-0.1, -0.05) is 36.4 Å². The molecule has 23 heavy (non-hydrogen) atoms. The quantitative estimate of drug-likeness (QED) is 0.940. The van der Waals surface area contributed by atoms with Crippen molar-refractivity contribution < 1.29 is 19.4 Å². The molecule has 1 saturated carbocycles. The van der Waals surface area contributed by atoms with Gasteiger partial charge in [0.1, 0.15) is 18.1 Å². The Morgan fingerprint density at radius 1 is 1.26 bits per heavy atom. The maximum absolute atomic E-state index is 11.3. The van der Waals surface area contributed by atoms with Crippen LogP contribution >= 0.6 is 0 Å². The van der Waals surface area contributed by atoms with E-state index < -0.39 is 5.97 Å². The van der Waals surface area contributed by atoms with Crippen LogP contribution in [0.3, 0.4) is 0 Å². The minimum Gasteiger partial charge on any atom is -0.493 e. The van der Waals surface area contributed by atoms with E-state index in [1.54, 1.807) is 0 Å². The van der Waals surface area contributed by atoms with E-state index in [4.69, 9.17) is 9.47 Å². The highest BCUT2D eigenvalue weighted by molar-refractivity contribution is 5.78. The summed E-state index contributed by atoms with van der Waals surface area (Å²) in [4.78, 5) is 11.3. The van der Waals surface area contributed by atoms with Gasteiger partial charge in [-0.2, -0.15) is 0 Å². The molecule has 4 nitrogen and oxygen atoms in total. The number of ether oxygens (including phenoxy) is 2. The fourth-order valence-electron chi connectivity index (χ4n) is 3.54. The van der Waals surface area contributed by atoms with Gasteiger partial charge in [0, 0.05) is 17.0 Å². The second kappa shape index (κ2) is 5.30. The number of carbonyl (C=O) groups is 1. The number of benzene rings is 2. The zero-order valence-electron chi connectivity index (χ0n) is 12.7. The second-order valence-corrected chi connectivity index (χ2v) is 6.28. The van der Waals surface area contributed by atoms with Crippen LogP contribution in [0.15, 0.2) is 48.5 Å². The number of fused-ring (bicyclic) bond motifs is 2. The van der Waals surface area contributed by atoms with Gasteiger partial charge in [0.2, 0.25) is 0 Å². The van der Waals surface area contributed by atoms with Gasteiger partial charge >= 0.3 is 5.97 Å². The summed E-state index contributed by atoms with van der Waals surface area (Å²) in [5.74, 6) is 0.534. The Morgan fingerprint density at radius 2 is 2.09 bits per heavy atom. The summed E-state index contributed by atoms with van der Waals surface area (Å²) in [5.41, 5.74) is 1.90. The molecule has 2 aromatic rings. The Morgan fingerprint density at radius 3 is 2.83 bits per heavy atom. The third kappa shape index (κ3) is 2.44. The van der Waals surface area contributed by atoms with E-state index in [2.05, 4.69) is 0 Å². The van der Waals surface area contributed by atoms with Crippen LogP contribution in [0.2, 0.25) is 0 Å². The maximum atomic E-state index is 11.3. The van der Waals surface area contributed by atoms with Crippen LogP contribution in [0.1, 0.15) is 24.0 Å². The molecule has 1 spiro atoms. The lowest BCUT2D eigenvalue weighted by Crippen LogP contribution is -2.24. The van der Waals surface area contributed by atoms with Crippen molar-refractivity contribution >= 4 is 5.97 Å². The second-order valence-electron chi connectivity index (χ2n) is 6.28. The van der Waals surface area contributed by atoms with Gasteiger partial charge in [-0.15, -0.1) is 0 Å². The summed E-state index contributed by atoms with van der Waals surface area (Å²) in [6.45, 7) is 1.07. The minimum atomic E-state index is -0.706. The van der Waals surface area contributed by atoms with Crippen molar-refractivity contribution in [3.05, 3.63) is 59.7 Å². The monoisotopic (exact) mass is 310 g/mol. The molecule has 1 fully saturated rings. The molecule has 2 atom stereocenters. The third-order valence-corrected chi connectivity index (χ3v) is 4.92. The average Bonchev–Trinajstić information content (AvgIpc) is 3.29. The molecule has 0 bridgehead atoms. The molecular formula is C19H18O4. The van der Waals surface area contributed by atoms with Gasteiger partial charge in [-0.3, -0.25) is 4.79 Å². The third-order valence-electron chi connectivity index (χ3n) is 4.92. The molecule has 4 rings (SSSR count). The van der Waals surface area contributed by atoms with E-state index in [0.29, 0.717) is 19.6 Å². The first-order chi connectivity index (χ1) is 11.2. The number of aliphatic carboxylic acids is 1. The van der Waals surface area contributed by atoms with Crippen LogP contribution in [0.4, 0.5) is 0 Å². The lowest BCUT2D eigenvalue weighted by atomic mass is 9.87. The van der Waals surface area contributed by atoms with E-state index in [1.165, 1.54) is 0 Å². The first kappa shape index (κ1) is 14.1. The van der Waals surface area contributed by atoms with Gasteiger partial charge in [0.25, 0.3) is 0 Å². The van der Waals surface area contributed by atoms with Crippen LogP contribution in [0, 0.1) is 5.92 Å². The van der Waals surface area contributed by atoms with Crippen LogP contribution in [-0.2, 0) is 16.8 Å². The summed E-state index contributed by atoms with van der Waals surface area (Å²) < 4.78 is 11.6. The maximum Gasteiger partial charge on any atom is 0.307 e. The highest BCUT2D eigenvalue weighted by Gasteiger charge is 2.61. The van der Waals surface area contributed by atoms with Crippen molar-refractivity contribution in [2.24, 2.45) is 5.92 Å². The summed E-state index contributed by atoms with van der Waals surface area (Å²) in [5, 5.41) is 9.30. The summed E-state index contributed by atoms with van der Waals surface area (Å²) in [7, 11) is 0. The molecule has 2 aliphatic rings. The van der Waals surface area contributed by atoms with E-state index in [1.807, 2.05) is 48.5 Å². The van der Waals surface area contributed by atoms with E-state index in [-0.39, 0.29) is 11.3 Å². The largest absolute Gasteiger partial charge is 0.493 e. The lowest BCUT2D eigenvalue weighted by Gasteiger charge is -2.26. The molecule has 0 radical (unpaired) electrons.